The second kappa shape index (κ2) is 17.5. The maximum atomic E-state index is 13.2. The van der Waals surface area contributed by atoms with Gasteiger partial charge in [0.05, 0.1) is 25.5 Å². The molecule has 3 aromatic rings. The molecule has 46 heavy (non-hydrogen) atoms. The zero-order chi connectivity index (χ0) is 33.2. The van der Waals surface area contributed by atoms with E-state index in [2.05, 4.69) is 61.7 Å². The van der Waals surface area contributed by atoms with Crippen molar-refractivity contribution in [2.24, 2.45) is 11.8 Å². The number of halogens is 2. The first-order valence-corrected chi connectivity index (χ1v) is 17.1. The Morgan fingerprint density at radius 3 is 2.17 bits per heavy atom. The highest BCUT2D eigenvalue weighted by Crippen LogP contribution is 2.30. The lowest BCUT2D eigenvalue weighted by Crippen LogP contribution is -2.52. The Morgan fingerprint density at radius 2 is 1.59 bits per heavy atom. The second-order valence-electron chi connectivity index (χ2n) is 13.3. The molecule has 0 bridgehead atoms. The molecule has 1 aliphatic heterocycles. The number of carbonyl (C=O) groups excluding carboxylic acids is 1. The van der Waals surface area contributed by atoms with Gasteiger partial charge in [0.15, 0.2) is 0 Å². The largest absolute Gasteiger partial charge is 0.487 e. The first-order chi connectivity index (χ1) is 22.0. The molecule has 0 N–H and O–H groups in total. The smallest absolute Gasteiger partial charge is 0.236 e. The predicted molar refractivity (Wildman–Crippen MR) is 184 cm³/mol. The Bertz CT molecular complexity index is 1360. The van der Waals surface area contributed by atoms with Crippen LogP contribution in [0.1, 0.15) is 70.5 Å². The van der Waals surface area contributed by atoms with E-state index in [1.807, 2.05) is 52.2 Å². The number of ether oxygens (including phenoxy) is 2. The molecule has 0 aliphatic carbocycles. The van der Waals surface area contributed by atoms with Crippen molar-refractivity contribution in [3.8, 4) is 5.75 Å². The Hall–Kier alpha value is -2.69. The average Bonchev–Trinajstić information content (AvgIpc) is 3.48. The summed E-state index contributed by atoms with van der Waals surface area (Å²) >= 11 is 12.9. The van der Waals surface area contributed by atoms with E-state index in [0.29, 0.717) is 61.3 Å². The van der Waals surface area contributed by atoms with Crippen LogP contribution in [0.25, 0.3) is 0 Å². The van der Waals surface area contributed by atoms with Crippen molar-refractivity contribution in [2.45, 2.75) is 66.9 Å². The highest BCUT2D eigenvalue weighted by Gasteiger charge is 2.26. The standard InChI is InChI=1S/C35H50Cl2N6O3/c1-25(2)18-41(19-26(3)4)22-35(44)42-15-13-40(14-16-42)21-34(32-12-9-29(36)17-33(32)37)46-23-28-7-10-31(11-8-28)45-24-30-20-43(27(5)6)39-38-30/h7-12,17,20,25-27,34H,13-16,18-19,21-24H2,1-6H3/t34-/m0/s1. The van der Waals surface area contributed by atoms with Crippen molar-refractivity contribution in [3.05, 3.63) is 75.5 Å². The van der Waals surface area contributed by atoms with Crippen LogP contribution in [0.3, 0.4) is 0 Å². The highest BCUT2D eigenvalue weighted by atomic mass is 35.5. The number of amides is 1. The van der Waals surface area contributed by atoms with Crippen LogP contribution < -0.4 is 4.74 Å². The van der Waals surface area contributed by atoms with E-state index in [1.54, 1.807) is 6.07 Å². The van der Waals surface area contributed by atoms with Gasteiger partial charge in [0.1, 0.15) is 18.1 Å². The van der Waals surface area contributed by atoms with Gasteiger partial charge in [0.25, 0.3) is 0 Å². The zero-order valence-electron chi connectivity index (χ0n) is 28.2. The molecule has 1 aliphatic rings. The number of benzene rings is 2. The number of aromatic nitrogens is 3. The third-order valence-corrected chi connectivity index (χ3v) is 8.47. The van der Waals surface area contributed by atoms with Crippen LogP contribution in [-0.4, -0.2) is 88.0 Å². The fourth-order valence-corrected chi connectivity index (χ4v) is 6.14. The molecule has 1 atom stereocenters. The van der Waals surface area contributed by atoms with Crippen molar-refractivity contribution < 1.29 is 14.3 Å². The summed E-state index contributed by atoms with van der Waals surface area (Å²) in [5.74, 6) is 2.01. The van der Waals surface area contributed by atoms with E-state index in [9.17, 15) is 4.79 Å². The fraction of sp³-hybridized carbons (Fsp3) is 0.571. The van der Waals surface area contributed by atoms with E-state index < -0.39 is 0 Å². The van der Waals surface area contributed by atoms with E-state index in [0.717, 1.165) is 48.7 Å². The van der Waals surface area contributed by atoms with Crippen LogP contribution in [0, 0.1) is 11.8 Å². The molecule has 0 unspecified atom stereocenters. The lowest BCUT2D eigenvalue weighted by atomic mass is 10.1. The molecule has 252 valence electrons. The molecule has 9 nitrogen and oxygen atoms in total. The molecule has 2 aromatic carbocycles. The summed E-state index contributed by atoms with van der Waals surface area (Å²) < 4.78 is 14.3. The molecular weight excluding hydrogens is 623 g/mol. The Labute approximate surface area is 284 Å². The van der Waals surface area contributed by atoms with Gasteiger partial charge in [-0.1, -0.05) is 74.3 Å². The highest BCUT2D eigenvalue weighted by molar-refractivity contribution is 6.35. The van der Waals surface area contributed by atoms with Crippen LogP contribution in [-0.2, 0) is 22.7 Å². The van der Waals surface area contributed by atoms with Crippen molar-refractivity contribution in [1.82, 2.24) is 29.7 Å². The maximum absolute atomic E-state index is 13.2. The number of rotatable bonds is 16. The van der Waals surface area contributed by atoms with Gasteiger partial charge in [-0.15, -0.1) is 5.10 Å². The molecule has 0 spiro atoms. The van der Waals surface area contributed by atoms with Crippen molar-refractivity contribution in [2.75, 3.05) is 52.4 Å². The summed E-state index contributed by atoms with van der Waals surface area (Å²) in [6.07, 6.45) is 1.64. The number of carbonyl (C=O) groups is 1. The fourth-order valence-electron chi connectivity index (χ4n) is 5.61. The van der Waals surface area contributed by atoms with Crippen molar-refractivity contribution in [1.29, 1.82) is 0 Å². The van der Waals surface area contributed by atoms with Gasteiger partial charge in [-0.05, 0) is 55.5 Å². The van der Waals surface area contributed by atoms with Gasteiger partial charge >= 0.3 is 0 Å². The molecule has 1 fully saturated rings. The number of hydrogen-bond acceptors (Lipinski definition) is 7. The van der Waals surface area contributed by atoms with Crippen LogP contribution in [0.15, 0.2) is 48.7 Å². The first kappa shape index (κ1) is 36.2. The minimum atomic E-state index is -0.265. The lowest BCUT2D eigenvalue weighted by molar-refractivity contribution is -0.134. The van der Waals surface area contributed by atoms with Gasteiger partial charge in [-0.2, -0.15) is 0 Å². The van der Waals surface area contributed by atoms with Crippen molar-refractivity contribution >= 4 is 29.1 Å². The van der Waals surface area contributed by atoms with E-state index >= 15 is 0 Å². The van der Waals surface area contributed by atoms with Gasteiger partial charge < -0.3 is 14.4 Å². The molecule has 1 aromatic heterocycles. The minimum Gasteiger partial charge on any atom is -0.487 e. The van der Waals surface area contributed by atoms with Gasteiger partial charge in [0, 0.05) is 67.5 Å². The van der Waals surface area contributed by atoms with Gasteiger partial charge in [0.2, 0.25) is 5.91 Å². The summed E-state index contributed by atoms with van der Waals surface area (Å²) in [6.45, 7) is 19.7. The van der Waals surface area contributed by atoms with E-state index in [-0.39, 0.29) is 18.1 Å². The SMILES string of the molecule is CC(C)CN(CC(=O)N1CCN(C[C@H](OCc2ccc(OCc3cn(C(C)C)nn3)cc2)c2ccc(Cl)cc2Cl)CC1)CC(C)C. The summed E-state index contributed by atoms with van der Waals surface area (Å²) in [7, 11) is 0. The average molecular weight is 674 g/mol. The second-order valence-corrected chi connectivity index (χ2v) is 14.2. The van der Waals surface area contributed by atoms with Crippen LogP contribution in [0.4, 0.5) is 0 Å². The molecule has 0 radical (unpaired) electrons. The minimum absolute atomic E-state index is 0.212. The third-order valence-electron chi connectivity index (χ3n) is 7.91. The Morgan fingerprint density at radius 1 is 0.913 bits per heavy atom. The quantitative estimate of drug-likeness (QED) is 0.166. The summed E-state index contributed by atoms with van der Waals surface area (Å²) in [6, 6.07) is 13.7. The number of piperazine rings is 1. The Kier molecular flexibility index (Phi) is 13.7. The first-order valence-electron chi connectivity index (χ1n) is 16.4. The number of nitrogens with zero attached hydrogens (tertiary/aromatic N) is 6. The summed E-state index contributed by atoms with van der Waals surface area (Å²) in [5.41, 5.74) is 2.71. The lowest BCUT2D eigenvalue weighted by Gasteiger charge is -2.37. The molecule has 11 heteroatoms. The molecule has 4 rings (SSSR count). The van der Waals surface area contributed by atoms with Crippen LogP contribution in [0.2, 0.25) is 10.0 Å². The van der Waals surface area contributed by atoms with Gasteiger partial charge in [-0.3, -0.25) is 14.6 Å². The van der Waals surface area contributed by atoms with E-state index in [1.165, 1.54) is 0 Å². The Balaban J connectivity index is 1.33. The predicted octanol–water partition coefficient (Wildman–Crippen LogP) is 6.76. The molecule has 2 heterocycles. The number of hydrogen-bond donors (Lipinski definition) is 0. The normalized spacial score (nSPS) is 15.0. The summed E-state index contributed by atoms with van der Waals surface area (Å²) in [5, 5.41) is 9.48. The monoisotopic (exact) mass is 672 g/mol. The van der Waals surface area contributed by atoms with Crippen LogP contribution in [0.5, 0.6) is 5.75 Å². The molecule has 0 saturated carbocycles. The summed E-state index contributed by atoms with van der Waals surface area (Å²) in [4.78, 5) is 19.9. The zero-order valence-corrected chi connectivity index (χ0v) is 29.7. The maximum Gasteiger partial charge on any atom is 0.236 e. The van der Waals surface area contributed by atoms with Crippen molar-refractivity contribution in [3.63, 3.8) is 0 Å². The van der Waals surface area contributed by atoms with Gasteiger partial charge in [-0.25, -0.2) is 4.68 Å². The van der Waals surface area contributed by atoms with Crippen LogP contribution >= 0.6 is 23.2 Å². The molecular formula is C35H50Cl2N6O3. The molecule has 1 saturated heterocycles. The molecule has 1 amide bonds. The van der Waals surface area contributed by atoms with E-state index in [4.69, 9.17) is 32.7 Å². The third kappa shape index (κ3) is 11.2. The topological polar surface area (TPSA) is 76.0 Å².